The van der Waals surface area contributed by atoms with Crippen molar-refractivity contribution in [3.05, 3.63) is 88.9 Å². The molecular formula is C19H15BrN2O. The summed E-state index contributed by atoms with van der Waals surface area (Å²) in [6.45, 7) is 0. The zero-order valence-corrected chi connectivity index (χ0v) is 13.9. The molecular weight excluding hydrogens is 352 g/mol. The molecule has 0 saturated carbocycles. The number of amides is 1. The van der Waals surface area contributed by atoms with Crippen LogP contribution < -0.4 is 10.6 Å². The summed E-state index contributed by atoms with van der Waals surface area (Å²) >= 11 is 3.38. The van der Waals surface area contributed by atoms with Gasteiger partial charge >= 0.3 is 0 Å². The first-order chi connectivity index (χ1) is 11.2. The summed E-state index contributed by atoms with van der Waals surface area (Å²) in [6, 6.07) is 24.7. The second kappa shape index (κ2) is 7.11. The van der Waals surface area contributed by atoms with Gasteiger partial charge in [0.15, 0.2) is 0 Å². The standard InChI is InChI=1S/C19H15BrN2O/c20-14-10-12-16(13-11-14)22-19(23)17-8-4-5-9-18(17)21-15-6-2-1-3-7-15/h1-13,21H,(H,22,23). The summed E-state index contributed by atoms with van der Waals surface area (Å²) in [5.74, 6) is -0.147. The maximum atomic E-state index is 12.5. The first-order valence-corrected chi connectivity index (χ1v) is 8.00. The number of hydrogen-bond acceptors (Lipinski definition) is 2. The quantitative estimate of drug-likeness (QED) is 0.644. The average molecular weight is 367 g/mol. The van der Waals surface area contributed by atoms with Gasteiger partial charge in [-0.05, 0) is 48.5 Å². The van der Waals surface area contributed by atoms with Gasteiger partial charge in [0.2, 0.25) is 0 Å². The molecule has 0 heterocycles. The third kappa shape index (κ3) is 3.99. The van der Waals surface area contributed by atoms with Crippen LogP contribution in [0.15, 0.2) is 83.3 Å². The third-order valence-electron chi connectivity index (χ3n) is 3.33. The number of halogens is 1. The number of carbonyl (C=O) groups is 1. The lowest BCUT2D eigenvalue weighted by molar-refractivity contribution is 0.102. The number of hydrogen-bond donors (Lipinski definition) is 2. The molecule has 0 fully saturated rings. The SMILES string of the molecule is O=C(Nc1ccc(Br)cc1)c1ccccc1Nc1ccccc1. The van der Waals surface area contributed by atoms with Crippen molar-refractivity contribution < 1.29 is 4.79 Å². The van der Waals surface area contributed by atoms with Crippen LogP contribution in [0.25, 0.3) is 0 Å². The average Bonchev–Trinajstić information content (AvgIpc) is 2.58. The van der Waals surface area contributed by atoms with Crippen molar-refractivity contribution >= 4 is 38.9 Å². The van der Waals surface area contributed by atoms with E-state index in [9.17, 15) is 4.79 Å². The highest BCUT2D eigenvalue weighted by Gasteiger charge is 2.11. The Hall–Kier alpha value is -2.59. The van der Waals surface area contributed by atoms with E-state index in [-0.39, 0.29) is 5.91 Å². The number of anilines is 3. The molecule has 0 radical (unpaired) electrons. The van der Waals surface area contributed by atoms with E-state index in [1.165, 1.54) is 0 Å². The highest BCUT2D eigenvalue weighted by Crippen LogP contribution is 2.22. The van der Waals surface area contributed by atoms with Gasteiger partial charge in [0.05, 0.1) is 11.3 Å². The molecule has 0 unspecified atom stereocenters. The molecule has 0 aromatic heterocycles. The predicted octanol–water partition coefficient (Wildman–Crippen LogP) is 5.45. The van der Waals surface area contributed by atoms with Crippen LogP contribution in [-0.2, 0) is 0 Å². The van der Waals surface area contributed by atoms with Crippen LogP contribution in [0, 0.1) is 0 Å². The molecule has 3 rings (SSSR count). The molecule has 114 valence electrons. The topological polar surface area (TPSA) is 41.1 Å². The summed E-state index contributed by atoms with van der Waals surface area (Å²) in [5.41, 5.74) is 3.07. The molecule has 1 amide bonds. The van der Waals surface area contributed by atoms with E-state index in [0.717, 1.165) is 21.5 Å². The molecule has 3 aromatic carbocycles. The first kappa shape index (κ1) is 15.3. The molecule has 0 aliphatic rings. The fourth-order valence-corrected chi connectivity index (χ4v) is 2.46. The number of rotatable bonds is 4. The van der Waals surface area contributed by atoms with E-state index in [4.69, 9.17) is 0 Å². The largest absolute Gasteiger partial charge is 0.355 e. The minimum absolute atomic E-state index is 0.147. The first-order valence-electron chi connectivity index (χ1n) is 7.20. The smallest absolute Gasteiger partial charge is 0.257 e. The van der Waals surface area contributed by atoms with Gasteiger partial charge in [-0.15, -0.1) is 0 Å². The summed E-state index contributed by atoms with van der Waals surface area (Å²) in [5, 5.41) is 6.19. The third-order valence-corrected chi connectivity index (χ3v) is 3.86. The second-order valence-corrected chi connectivity index (χ2v) is 5.91. The predicted molar refractivity (Wildman–Crippen MR) is 98.3 cm³/mol. The number of benzene rings is 3. The molecule has 3 nitrogen and oxygen atoms in total. The number of para-hydroxylation sites is 2. The zero-order chi connectivity index (χ0) is 16.1. The number of carbonyl (C=O) groups excluding carboxylic acids is 1. The molecule has 3 aromatic rings. The van der Waals surface area contributed by atoms with E-state index in [1.807, 2.05) is 72.8 Å². The van der Waals surface area contributed by atoms with Crippen LogP contribution in [0.1, 0.15) is 10.4 Å². The van der Waals surface area contributed by atoms with Crippen LogP contribution in [0.3, 0.4) is 0 Å². The van der Waals surface area contributed by atoms with E-state index in [0.29, 0.717) is 5.56 Å². The van der Waals surface area contributed by atoms with Gasteiger partial charge in [-0.3, -0.25) is 4.79 Å². The molecule has 23 heavy (non-hydrogen) atoms. The molecule has 0 spiro atoms. The van der Waals surface area contributed by atoms with Crippen molar-refractivity contribution in [3.8, 4) is 0 Å². The fraction of sp³-hybridized carbons (Fsp3) is 0. The molecule has 0 saturated heterocycles. The maximum absolute atomic E-state index is 12.5. The van der Waals surface area contributed by atoms with Crippen LogP contribution in [0.4, 0.5) is 17.1 Å². The lowest BCUT2D eigenvalue weighted by Gasteiger charge is -2.12. The van der Waals surface area contributed by atoms with Gasteiger partial charge in [-0.25, -0.2) is 0 Å². The number of nitrogens with one attached hydrogen (secondary N) is 2. The van der Waals surface area contributed by atoms with Crippen molar-refractivity contribution in [2.24, 2.45) is 0 Å². The Morgan fingerprint density at radius 2 is 1.39 bits per heavy atom. The summed E-state index contributed by atoms with van der Waals surface area (Å²) in [4.78, 5) is 12.5. The van der Waals surface area contributed by atoms with Gasteiger partial charge in [0.25, 0.3) is 5.91 Å². The monoisotopic (exact) mass is 366 g/mol. The Balaban J connectivity index is 1.82. The van der Waals surface area contributed by atoms with Crippen molar-refractivity contribution in [2.75, 3.05) is 10.6 Å². The Labute approximate surface area is 143 Å². The molecule has 0 aliphatic carbocycles. The molecule has 0 aliphatic heterocycles. The second-order valence-electron chi connectivity index (χ2n) is 5.00. The maximum Gasteiger partial charge on any atom is 0.257 e. The summed E-state index contributed by atoms with van der Waals surface area (Å²) in [6.07, 6.45) is 0. The van der Waals surface area contributed by atoms with Crippen molar-refractivity contribution in [3.63, 3.8) is 0 Å². The molecule has 4 heteroatoms. The van der Waals surface area contributed by atoms with Crippen LogP contribution in [0.2, 0.25) is 0 Å². The van der Waals surface area contributed by atoms with E-state index in [1.54, 1.807) is 6.07 Å². The van der Waals surface area contributed by atoms with Gasteiger partial charge in [0, 0.05) is 15.8 Å². The van der Waals surface area contributed by atoms with Crippen molar-refractivity contribution in [1.29, 1.82) is 0 Å². The van der Waals surface area contributed by atoms with Gasteiger partial charge in [0.1, 0.15) is 0 Å². The van der Waals surface area contributed by atoms with Crippen LogP contribution in [0.5, 0.6) is 0 Å². The van der Waals surface area contributed by atoms with Crippen molar-refractivity contribution in [1.82, 2.24) is 0 Å². The van der Waals surface area contributed by atoms with E-state index >= 15 is 0 Å². The Morgan fingerprint density at radius 3 is 2.13 bits per heavy atom. The summed E-state index contributed by atoms with van der Waals surface area (Å²) in [7, 11) is 0. The fourth-order valence-electron chi connectivity index (χ4n) is 2.20. The van der Waals surface area contributed by atoms with Crippen molar-refractivity contribution in [2.45, 2.75) is 0 Å². The highest BCUT2D eigenvalue weighted by atomic mass is 79.9. The molecule has 0 atom stereocenters. The molecule has 2 N–H and O–H groups in total. The van der Waals surface area contributed by atoms with E-state index < -0.39 is 0 Å². The van der Waals surface area contributed by atoms with Crippen LogP contribution in [-0.4, -0.2) is 5.91 Å². The lowest BCUT2D eigenvalue weighted by Crippen LogP contribution is -2.13. The van der Waals surface area contributed by atoms with Gasteiger partial charge in [-0.1, -0.05) is 46.3 Å². The highest BCUT2D eigenvalue weighted by molar-refractivity contribution is 9.10. The Morgan fingerprint density at radius 1 is 0.739 bits per heavy atom. The van der Waals surface area contributed by atoms with Gasteiger partial charge in [-0.2, -0.15) is 0 Å². The van der Waals surface area contributed by atoms with Gasteiger partial charge < -0.3 is 10.6 Å². The Kier molecular flexibility index (Phi) is 4.74. The minimum Gasteiger partial charge on any atom is -0.355 e. The van der Waals surface area contributed by atoms with E-state index in [2.05, 4.69) is 26.6 Å². The summed E-state index contributed by atoms with van der Waals surface area (Å²) < 4.78 is 0.974. The zero-order valence-electron chi connectivity index (χ0n) is 12.3. The molecule has 0 bridgehead atoms. The minimum atomic E-state index is -0.147. The lowest BCUT2D eigenvalue weighted by atomic mass is 10.1. The Bertz CT molecular complexity index is 801. The van der Waals surface area contributed by atoms with Crippen LogP contribution >= 0.6 is 15.9 Å². The normalized spacial score (nSPS) is 10.1.